The number of benzene rings is 1. The normalized spacial score (nSPS) is 12.4. The van der Waals surface area contributed by atoms with E-state index in [0.717, 1.165) is 11.0 Å². The van der Waals surface area contributed by atoms with Gasteiger partial charge < -0.3 is 10.8 Å². The van der Waals surface area contributed by atoms with E-state index in [2.05, 4.69) is 0 Å². The number of carboxylic acid groups (broad SMARTS) is 1. The topological polar surface area (TPSA) is 63.3 Å². The Labute approximate surface area is 78.0 Å². The fourth-order valence-corrected chi connectivity index (χ4v) is 1.12. The summed E-state index contributed by atoms with van der Waals surface area (Å²) in [4.78, 5) is 10.4. The summed E-state index contributed by atoms with van der Waals surface area (Å²) >= 11 is 0. The summed E-state index contributed by atoms with van der Waals surface area (Å²) in [6.07, 6.45) is -0.0247. The molecule has 0 fully saturated rings. The van der Waals surface area contributed by atoms with Crippen molar-refractivity contribution in [3.05, 3.63) is 29.8 Å². The zero-order valence-electron chi connectivity index (χ0n) is 7.53. The standard InChI is InChI=1S/C9H12BNO2/c10-7-3-1-6(2-4-7)8(11)5-9(12)13/h1-4,8H,5,10-11H2,(H,12,13). The van der Waals surface area contributed by atoms with Crippen LogP contribution < -0.4 is 11.2 Å². The molecule has 13 heavy (non-hydrogen) atoms. The maximum atomic E-state index is 10.4. The van der Waals surface area contributed by atoms with Crippen molar-refractivity contribution >= 4 is 19.3 Å². The van der Waals surface area contributed by atoms with Crippen LogP contribution in [0.4, 0.5) is 0 Å². The van der Waals surface area contributed by atoms with Gasteiger partial charge in [0.25, 0.3) is 0 Å². The van der Waals surface area contributed by atoms with Crippen LogP contribution in [0.3, 0.4) is 0 Å². The van der Waals surface area contributed by atoms with Crippen molar-refractivity contribution in [1.29, 1.82) is 0 Å². The van der Waals surface area contributed by atoms with Crippen LogP contribution in [0.2, 0.25) is 0 Å². The van der Waals surface area contributed by atoms with Crippen LogP contribution in [0.1, 0.15) is 18.0 Å². The van der Waals surface area contributed by atoms with Crippen molar-refractivity contribution < 1.29 is 9.90 Å². The van der Waals surface area contributed by atoms with Crippen molar-refractivity contribution in [3.63, 3.8) is 0 Å². The van der Waals surface area contributed by atoms with Crippen molar-refractivity contribution in [2.45, 2.75) is 12.5 Å². The highest BCUT2D eigenvalue weighted by molar-refractivity contribution is 6.32. The molecule has 0 aromatic heterocycles. The zero-order valence-corrected chi connectivity index (χ0v) is 7.53. The summed E-state index contributed by atoms with van der Waals surface area (Å²) in [6, 6.07) is 7.18. The van der Waals surface area contributed by atoms with Crippen LogP contribution in [0.25, 0.3) is 0 Å². The number of nitrogens with two attached hydrogens (primary N) is 1. The molecular weight excluding hydrogens is 165 g/mol. The van der Waals surface area contributed by atoms with E-state index in [-0.39, 0.29) is 6.42 Å². The van der Waals surface area contributed by atoms with E-state index in [0.29, 0.717) is 0 Å². The molecule has 1 aromatic carbocycles. The molecule has 1 rings (SSSR count). The van der Waals surface area contributed by atoms with Crippen molar-refractivity contribution in [2.24, 2.45) is 5.73 Å². The van der Waals surface area contributed by atoms with Crippen molar-refractivity contribution in [3.8, 4) is 0 Å². The summed E-state index contributed by atoms with van der Waals surface area (Å²) in [7, 11) is 1.98. The van der Waals surface area contributed by atoms with Gasteiger partial charge in [0, 0.05) is 6.04 Å². The zero-order chi connectivity index (χ0) is 9.84. The van der Waals surface area contributed by atoms with Gasteiger partial charge >= 0.3 is 5.97 Å². The first-order chi connectivity index (χ1) is 6.09. The Morgan fingerprint density at radius 1 is 1.46 bits per heavy atom. The number of hydrogen-bond donors (Lipinski definition) is 2. The van der Waals surface area contributed by atoms with Crippen LogP contribution in [0, 0.1) is 0 Å². The molecular formula is C9H12BNO2. The maximum absolute atomic E-state index is 10.4. The second-order valence-corrected chi connectivity index (χ2v) is 3.12. The summed E-state index contributed by atoms with van der Waals surface area (Å²) < 4.78 is 0. The largest absolute Gasteiger partial charge is 0.481 e. The van der Waals surface area contributed by atoms with Gasteiger partial charge in [-0.05, 0) is 5.56 Å². The third-order valence-electron chi connectivity index (χ3n) is 1.90. The SMILES string of the molecule is Bc1ccc(C(N)CC(=O)O)cc1. The van der Waals surface area contributed by atoms with E-state index >= 15 is 0 Å². The first-order valence-corrected chi connectivity index (χ1v) is 4.13. The average molecular weight is 177 g/mol. The molecule has 4 heteroatoms. The lowest BCUT2D eigenvalue weighted by molar-refractivity contribution is -0.137. The van der Waals surface area contributed by atoms with E-state index in [4.69, 9.17) is 10.8 Å². The lowest BCUT2D eigenvalue weighted by Gasteiger charge is -2.08. The molecule has 1 unspecified atom stereocenters. The second-order valence-electron chi connectivity index (χ2n) is 3.12. The summed E-state index contributed by atoms with van der Waals surface area (Å²) in [5.74, 6) is -0.868. The van der Waals surface area contributed by atoms with Gasteiger partial charge in [0.2, 0.25) is 0 Å². The molecule has 0 aliphatic rings. The molecule has 3 N–H and O–H groups in total. The fraction of sp³-hybridized carbons (Fsp3) is 0.222. The van der Waals surface area contributed by atoms with Crippen molar-refractivity contribution in [1.82, 2.24) is 0 Å². The molecule has 0 radical (unpaired) electrons. The maximum Gasteiger partial charge on any atom is 0.305 e. The Balaban J connectivity index is 2.71. The predicted octanol–water partition coefficient (Wildman–Crippen LogP) is -0.581. The summed E-state index contributed by atoms with van der Waals surface area (Å²) in [5, 5.41) is 8.52. The molecule has 0 spiro atoms. The minimum atomic E-state index is -0.868. The Morgan fingerprint density at radius 3 is 2.46 bits per heavy atom. The van der Waals surface area contributed by atoms with Gasteiger partial charge in [-0.2, -0.15) is 0 Å². The molecule has 0 saturated heterocycles. The smallest absolute Gasteiger partial charge is 0.305 e. The third-order valence-corrected chi connectivity index (χ3v) is 1.90. The van der Waals surface area contributed by atoms with E-state index in [1.54, 1.807) is 0 Å². The highest BCUT2D eigenvalue weighted by atomic mass is 16.4. The summed E-state index contributed by atoms with van der Waals surface area (Å²) in [6.45, 7) is 0. The Kier molecular flexibility index (Phi) is 3.09. The molecule has 0 aliphatic carbocycles. The van der Waals surface area contributed by atoms with E-state index in [1.165, 1.54) is 0 Å². The highest BCUT2D eigenvalue weighted by Gasteiger charge is 2.09. The lowest BCUT2D eigenvalue weighted by Crippen LogP contribution is -2.15. The predicted molar refractivity (Wildman–Crippen MR) is 53.8 cm³/mol. The molecule has 0 aliphatic heterocycles. The highest BCUT2D eigenvalue weighted by Crippen LogP contribution is 2.11. The van der Waals surface area contributed by atoms with Gasteiger partial charge in [0.05, 0.1) is 6.42 Å². The third kappa shape index (κ3) is 2.91. The molecule has 0 bridgehead atoms. The van der Waals surface area contributed by atoms with Crippen LogP contribution >= 0.6 is 0 Å². The van der Waals surface area contributed by atoms with Gasteiger partial charge in [0.15, 0.2) is 0 Å². The van der Waals surface area contributed by atoms with E-state index < -0.39 is 12.0 Å². The van der Waals surface area contributed by atoms with Crippen LogP contribution in [0.15, 0.2) is 24.3 Å². The summed E-state index contributed by atoms with van der Waals surface area (Å²) in [5.41, 5.74) is 7.68. The van der Waals surface area contributed by atoms with E-state index in [9.17, 15) is 4.79 Å². The van der Waals surface area contributed by atoms with Gasteiger partial charge in [0.1, 0.15) is 7.85 Å². The fourth-order valence-electron chi connectivity index (χ4n) is 1.12. The second kappa shape index (κ2) is 4.09. The number of hydrogen-bond acceptors (Lipinski definition) is 2. The molecule has 3 nitrogen and oxygen atoms in total. The van der Waals surface area contributed by atoms with Crippen LogP contribution in [0.5, 0.6) is 0 Å². The molecule has 0 saturated carbocycles. The molecule has 68 valence electrons. The Hall–Kier alpha value is -1.29. The van der Waals surface area contributed by atoms with Crippen LogP contribution in [-0.2, 0) is 4.79 Å². The van der Waals surface area contributed by atoms with Gasteiger partial charge in [-0.3, -0.25) is 4.79 Å². The number of carbonyl (C=O) groups is 1. The van der Waals surface area contributed by atoms with Gasteiger partial charge in [-0.15, -0.1) is 0 Å². The number of carboxylic acids is 1. The molecule has 0 amide bonds. The lowest BCUT2D eigenvalue weighted by atomic mass is 9.93. The first-order valence-electron chi connectivity index (χ1n) is 4.13. The minimum absolute atomic E-state index is 0.0247. The monoisotopic (exact) mass is 177 g/mol. The average Bonchev–Trinajstić information content (AvgIpc) is 2.04. The Morgan fingerprint density at radius 2 is 2.00 bits per heavy atom. The van der Waals surface area contributed by atoms with Gasteiger partial charge in [-0.25, -0.2) is 0 Å². The van der Waals surface area contributed by atoms with E-state index in [1.807, 2.05) is 32.1 Å². The van der Waals surface area contributed by atoms with Crippen molar-refractivity contribution in [2.75, 3.05) is 0 Å². The first kappa shape index (κ1) is 9.80. The molecule has 1 aromatic rings. The van der Waals surface area contributed by atoms with Crippen LogP contribution in [-0.4, -0.2) is 18.9 Å². The minimum Gasteiger partial charge on any atom is -0.481 e. The molecule has 0 heterocycles. The quantitative estimate of drug-likeness (QED) is 0.607. The Bertz CT molecular complexity index is 297. The molecule has 1 atom stereocenters. The number of aliphatic carboxylic acids is 1. The number of rotatable bonds is 3. The van der Waals surface area contributed by atoms with Gasteiger partial charge in [-0.1, -0.05) is 29.7 Å².